The lowest BCUT2D eigenvalue weighted by molar-refractivity contribution is -0.133. The van der Waals surface area contributed by atoms with Crippen LogP contribution in [-0.4, -0.2) is 60.1 Å². The monoisotopic (exact) mass is 439 g/mol. The number of aromatic nitrogens is 1. The van der Waals surface area contributed by atoms with Crippen LogP contribution in [0.25, 0.3) is 0 Å². The quantitative estimate of drug-likeness (QED) is 0.459. The van der Waals surface area contributed by atoms with E-state index in [1.165, 1.54) is 4.90 Å². The first kappa shape index (κ1) is 23.1. The maximum atomic E-state index is 13.3. The minimum absolute atomic E-state index is 0.0701. The van der Waals surface area contributed by atoms with Crippen LogP contribution in [0.3, 0.4) is 0 Å². The summed E-state index contributed by atoms with van der Waals surface area (Å²) in [5.41, 5.74) is 1.46. The summed E-state index contributed by atoms with van der Waals surface area (Å²) < 4.78 is 17.8. The van der Waals surface area contributed by atoms with Crippen molar-refractivity contribution in [1.29, 1.82) is 0 Å². The topological polar surface area (TPSA) is 77.2 Å². The number of benzene rings is 1. The zero-order valence-electron chi connectivity index (χ0n) is 18.7. The van der Waals surface area contributed by atoms with Crippen molar-refractivity contribution in [2.75, 3.05) is 33.9 Å². The van der Waals surface area contributed by atoms with Crippen molar-refractivity contribution >= 4 is 11.8 Å². The van der Waals surface area contributed by atoms with E-state index in [-0.39, 0.29) is 18.4 Å². The molecule has 0 N–H and O–H groups in total. The molecule has 0 unspecified atom stereocenters. The molecule has 32 heavy (non-hydrogen) atoms. The number of hydrogen-bond acceptors (Lipinski definition) is 5. The predicted octanol–water partition coefficient (Wildman–Crippen LogP) is 2.94. The van der Waals surface area contributed by atoms with E-state index < -0.39 is 0 Å². The van der Waals surface area contributed by atoms with Crippen LogP contribution in [0.4, 0.5) is 0 Å². The Morgan fingerprint density at radius 2 is 1.78 bits per heavy atom. The lowest BCUT2D eigenvalue weighted by Crippen LogP contribution is -2.43. The molecule has 3 rings (SSSR count). The Labute approximate surface area is 187 Å². The average Bonchev–Trinajstić information content (AvgIpc) is 3.47. The molecule has 8 nitrogen and oxygen atoms in total. The first-order valence-corrected chi connectivity index (χ1v) is 10.3. The van der Waals surface area contributed by atoms with Gasteiger partial charge in [-0.25, -0.2) is 0 Å². The second kappa shape index (κ2) is 11.2. The Balaban J connectivity index is 1.78. The van der Waals surface area contributed by atoms with Gasteiger partial charge in [0.2, 0.25) is 5.91 Å². The Bertz CT molecular complexity index is 995. The first-order valence-electron chi connectivity index (χ1n) is 10.3. The summed E-state index contributed by atoms with van der Waals surface area (Å²) in [6.07, 6.45) is 3.52. The molecule has 0 fully saturated rings. The highest BCUT2D eigenvalue weighted by Crippen LogP contribution is 2.15. The molecule has 3 aromatic rings. The SMILES string of the molecule is COCCN(CC(=O)N(Cc1ccco1)Cc1cccn1C)C(=O)c1ccc(OC)cc1. The van der Waals surface area contributed by atoms with Crippen molar-refractivity contribution in [2.45, 2.75) is 13.1 Å². The van der Waals surface area contributed by atoms with Gasteiger partial charge in [-0.15, -0.1) is 0 Å². The fraction of sp³-hybridized carbons (Fsp3) is 0.333. The molecule has 8 heteroatoms. The molecule has 0 saturated heterocycles. The van der Waals surface area contributed by atoms with Gasteiger partial charge in [0.15, 0.2) is 0 Å². The number of amides is 2. The molecule has 2 aromatic heterocycles. The molecule has 0 atom stereocenters. The molecular weight excluding hydrogens is 410 g/mol. The highest BCUT2D eigenvalue weighted by molar-refractivity contribution is 5.96. The smallest absolute Gasteiger partial charge is 0.254 e. The van der Waals surface area contributed by atoms with Gasteiger partial charge in [-0.3, -0.25) is 9.59 Å². The van der Waals surface area contributed by atoms with Gasteiger partial charge >= 0.3 is 0 Å². The van der Waals surface area contributed by atoms with Gasteiger partial charge in [-0.05, 0) is 48.5 Å². The highest BCUT2D eigenvalue weighted by atomic mass is 16.5. The van der Waals surface area contributed by atoms with Crippen molar-refractivity contribution < 1.29 is 23.5 Å². The maximum Gasteiger partial charge on any atom is 0.254 e. The zero-order chi connectivity index (χ0) is 22.9. The number of ether oxygens (including phenoxy) is 2. The van der Waals surface area contributed by atoms with Crippen molar-refractivity contribution in [3.63, 3.8) is 0 Å². The molecule has 0 aliphatic heterocycles. The zero-order valence-corrected chi connectivity index (χ0v) is 18.7. The summed E-state index contributed by atoms with van der Waals surface area (Å²) in [5, 5.41) is 0. The number of hydrogen-bond donors (Lipinski definition) is 0. The standard InChI is InChI=1S/C24H29N3O5/c1-25-12-4-6-20(25)16-27(17-22-7-5-14-32-22)23(28)18-26(13-15-30-2)24(29)19-8-10-21(31-3)11-9-19/h4-12,14H,13,15-18H2,1-3H3. The van der Waals surface area contributed by atoms with E-state index >= 15 is 0 Å². The number of nitrogens with zero attached hydrogens (tertiary/aromatic N) is 3. The third-order valence-corrected chi connectivity index (χ3v) is 5.20. The summed E-state index contributed by atoms with van der Waals surface area (Å²) in [5.74, 6) is 0.918. The van der Waals surface area contributed by atoms with Gasteiger partial charge in [-0.2, -0.15) is 0 Å². The number of carbonyl (C=O) groups is 2. The van der Waals surface area contributed by atoms with Gasteiger partial charge in [0.25, 0.3) is 5.91 Å². The second-order valence-corrected chi connectivity index (χ2v) is 7.39. The number of furan rings is 1. The molecule has 170 valence electrons. The fourth-order valence-electron chi connectivity index (χ4n) is 3.31. The summed E-state index contributed by atoms with van der Waals surface area (Å²) in [4.78, 5) is 29.7. The van der Waals surface area contributed by atoms with Crippen LogP contribution in [0.15, 0.2) is 65.4 Å². The minimum Gasteiger partial charge on any atom is -0.497 e. The van der Waals surface area contributed by atoms with E-state index in [0.717, 1.165) is 5.69 Å². The van der Waals surface area contributed by atoms with E-state index in [4.69, 9.17) is 13.9 Å². The molecule has 0 bridgehead atoms. The van der Waals surface area contributed by atoms with E-state index in [2.05, 4.69) is 0 Å². The highest BCUT2D eigenvalue weighted by Gasteiger charge is 2.24. The number of rotatable bonds is 11. The lowest BCUT2D eigenvalue weighted by atomic mass is 10.2. The second-order valence-electron chi connectivity index (χ2n) is 7.39. The van der Waals surface area contributed by atoms with Crippen molar-refractivity contribution in [3.05, 3.63) is 78.0 Å². The van der Waals surface area contributed by atoms with Gasteiger partial charge < -0.3 is 28.3 Å². The van der Waals surface area contributed by atoms with Crippen molar-refractivity contribution in [2.24, 2.45) is 7.05 Å². The third-order valence-electron chi connectivity index (χ3n) is 5.20. The molecule has 0 aliphatic rings. The van der Waals surface area contributed by atoms with E-state index in [1.807, 2.05) is 36.0 Å². The molecule has 1 aromatic carbocycles. The maximum absolute atomic E-state index is 13.3. The van der Waals surface area contributed by atoms with E-state index in [0.29, 0.717) is 43.3 Å². The average molecular weight is 440 g/mol. The van der Waals surface area contributed by atoms with Crippen molar-refractivity contribution in [1.82, 2.24) is 14.4 Å². The molecular formula is C24H29N3O5. The Morgan fingerprint density at radius 1 is 1.00 bits per heavy atom. The van der Waals surface area contributed by atoms with E-state index in [9.17, 15) is 9.59 Å². The third kappa shape index (κ3) is 6.01. The molecule has 0 saturated carbocycles. The van der Waals surface area contributed by atoms with E-state index in [1.54, 1.807) is 55.7 Å². The van der Waals surface area contributed by atoms with Crippen LogP contribution in [0.2, 0.25) is 0 Å². The van der Waals surface area contributed by atoms with Gasteiger partial charge in [0, 0.05) is 38.2 Å². The van der Waals surface area contributed by atoms with Crippen LogP contribution in [0, 0.1) is 0 Å². The van der Waals surface area contributed by atoms with Crippen LogP contribution < -0.4 is 4.74 Å². The van der Waals surface area contributed by atoms with Crippen LogP contribution >= 0.6 is 0 Å². The molecule has 2 heterocycles. The summed E-state index contributed by atoms with van der Waals surface area (Å²) in [7, 11) is 5.07. The number of carbonyl (C=O) groups excluding carboxylic acids is 2. The van der Waals surface area contributed by atoms with Gasteiger partial charge in [0.05, 0.1) is 33.1 Å². The summed E-state index contributed by atoms with van der Waals surface area (Å²) in [6.45, 7) is 1.26. The Morgan fingerprint density at radius 3 is 2.38 bits per heavy atom. The normalized spacial score (nSPS) is 10.7. The largest absolute Gasteiger partial charge is 0.497 e. The summed E-state index contributed by atoms with van der Waals surface area (Å²) >= 11 is 0. The fourth-order valence-corrected chi connectivity index (χ4v) is 3.31. The number of methoxy groups -OCH3 is 2. The molecule has 0 radical (unpaired) electrons. The first-order chi connectivity index (χ1) is 15.5. The number of aryl methyl sites for hydroxylation is 1. The Hall–Kier alpha value is -3.52. The molecule has 0 spiro atoms. The lowest BCUT2D eigenvalue weighted by Gasteiger charge is -2.27. The minimum atomic E-state index is -0.241. The van der Waals surface area contributed by atoms with Crippen LogP contribution in [0.1, 0.15) is 21.8 Å². The van der Waals surface area contributed by atoms with Gasteiger partial charge in [-0.1, -0.05) is 0 Å². The van der Waals surface area contributed by atoms with Crippen molar-refractivity contribution in [3.8, 4) is 5.75 Å². The van der Waals surface area contributed by atoms with Crippen LogP contribution in [0.5, 0.6) is 5.75 Å². The predicted molar refractivity (Wildman–Crippen MR) is 119 cm³/mol. The summed E-state index contributed by atoms with van der Waals surface area (Å²) in [6, 6.07) is 14.3. The molecule has 2 amide bonds. The molecule has 0 aliphatic carbocycles. The Kier molecular flexibility index (Phi) is 8.10. The van der Waals surface area contributed by atoms with Gasteiger partial charge in [0.1, 0.15) is 18.1 Å². The van der Waals surface area contributed by atoms with Crippen LogP contribution in [-0.2, 0) is 29.7 Å².